The van der Waals surface area contributed by atoms with Crippen molar-refractivity contribution in [2.24, 2.45) is 10.9 Å². The van der Waals surface area contributed by atoms with Gasteiger partial charge in [-0.1, -0.05) is 24.6 Å². The molecular formula is C13H15N. The van der Waals surface area contributed by atoms with E-state index in [1.54, 1.807) is 0 Å². The molecule has 1 aromatic carbocycles. The number of hydrogen-bond acceptors (Lipinski definition) is 1. The van der Waals surface area contributed by atoms with Gasteiger partial charge in [0.05, 0.1) is 5.69 Å². The molecule has 0 aromatic heterocycles. The highest BCUT2D eigenvalue weighted by molar-refractivity contribution is 5.90. The maximum Gasteiger partial charge on any atom is 0.0664 e. The van der Waals surface area contributed by atoms with Gasteiger partial charge in [0.25, 0.3) is 0 Å². The summed E-state index contributed by atoms with van der Waals surface area (Å²) in [6, 6.07) is 8.64. The predicted molar refractivity (Wildman–Crippen MR) is 59.3 cm³/mol. The summed E-state index contributed by atoms with van der Waals surface area (Å²) in [6.45, 7) is 2.19. The van der Waals surface area contributed by atoms with Gasteiger partial charge >= 0.3 is 0 Å². The number of aliphatic imine (C=N–C) groups is 1. The zero-order chi connectivity index (χ0) is 9.54. The van der Waals surface area contributed by atoms with Crippen LogP contribution < -0.4 is 0 Å². The molecule has 1 aliphatic carbocycles. The Balaban J connectivity index is 2.16. The summed E-state index contributed by atoms with van der Waals surface area (Å²) in [5.41, 5.74) is 4.06. The van der Waals surface area contributed by atoms with Crippen molar-refractivity contribution in [3.05, 3.63) is 29.8 Å². The molecule has 14 heavy (non-hydrogen) atoms. The molecule has 1 saturated carbocycles. The first-order valence-electron chi connectivity index (χ1n) is 5.50. The maximum atomic E-state index is 4.71. The molecule has 3 rings (SSSR count). The third-order valence-corrected chi connectivity index (χ3v) is 3.69. The fraction of sp³-hybridized carbons (Fsp3) is 0.462. The number of nitrogens with zero attached hydrogens (tertiary/aromatic N) is 1. The summed E-state index contributed by atoms with van der Waals surface area (Å²) in [5, 5.41) is 0. The lowest BCUT2D eigenvalue weighted by Gasteiger charge is -2.26. The SMILES string of the molecule is CC1=Nc2ccccc2C2CCCC12. The number of fused-ring (bicyclic) bond motifs is 3. The van der Waals surface area contributed by atoms with E-state index in [0.29, 0.717) is 0 Å². The van der Waals surface area contributed by atoms with Crippen LogP contribution in [0.25, 0.3) is 0 Å². The molecule has 2 unspecified atom stereocenters. The average Bonchev–Trinajstić information content (AvgIpc) is 2.67. The second-order valence-corrected chi connectivity index (χ2v) is 4.46. The van der Waals surface area contributed by atoms with Gasteiger partial charge in [0.1, 0.15) is 0 Å². The molecule has 72 valence electrons. The fourth-order valence-electron chi connectivity index (χ4n) is 3.01. The minimum absolute atomic E-state index is 0.741. The standard InChI is InChI=1S/C13H15N/c1-9-10-6-4-7-11(10)12-5-2-3-8-13(12)14-9/h2-3,5,8,10-11H,4,6-7H2,1H3. The summed E-state index contributed by atoms with van der Waals surface area (Å²) in [6.07, 6.45) is 4.07. The van der Waals surface area contributed by atoms with E-state index in [9.17, 15) is 0 Å². The summed E-state index contributed by atoms with van der Waals surface area (Å²) in [4.78, 5) is 4.71. The minimum atomic E-state index is 0.741. The number of benzene rings is 1. The Morgan fingerprint density at radius 1 is 1.14 bits per heavy atom. The highest BCUT2D eigenvalue weighted by Crippen LogP contribution is 2.46. The van der Waals surface area contributed by atoms with Gasteiger partial charge < -0.3 is 0 Å². The molecule has 0 amide bonds. The lowest BCUT2D eigenvalue weighted by atomic mass is 9.83. The number of para-hydroxylation sites is 1. The zero-order valence-electron chi connectivity index (χ0n) is 8.53. The second-order valence-electron chi connectivity index (χ2n) is 4.46. The molecule has 1 aromatic rings. The van der Waals surface area contributed by atoms with Crippen LogP contribution in [0.2, 0.25) is 0 Å². The molecular weight excluding hydrogens is 170 g/mol. The molecule has 0 spiro atoms. The Labute approximate surface area is 84.9 Å². The fourth-order valence-corrected chi connectivity index (χ4v) is 3.01. The maximum absolute atomic E-state index is 4.71. The van der Waals surface area contributed by atoms with E-state index >= 15 is 0 Å². The smallest absolute Gasteiger partial charge is 0.0664 e. The first-order valence-corrected chi connectivity index (χ1v) is 5.50. The van der Waals surface area contributed by atoms with Crippen molar-refractivity contribution >= 4 is 11.4 Å². The molecule has 2 atom stereocenters. The van der Waals surface area contributed by atoms with E-state index in [0.717, 1.165) is 11.8 Å². The molecule has 1 nitrogen and oxygen atoms in total. The summed E-state index contributed by atoms with van der Waals surface area (Å²) >= 11 is 0. The second kappa shape index (κ2) is 2.94. The molecule has 0 saturated heterocycles. The van der Waals surface area contributed by atoms with Crippen molar-refractivity contribution < 1.29 is 0 Å². The van der Waals surface area contributed by atoms with Gasteiger partial charge in [-0.2, -0.15) is 0 Å². The van der Waals surface area contributed by atoms with Crippen molar-refractivity contribution in [1.29, 1.82) is 0 Å². The van der Waals surface area contributed by atoms with Crippen LogP contribution in [0.4, 0.5) is 5.69 Å². The zero-order valence-corrected chi connectivity index (χ0v) is 8.53. The molecule has 0 radical (unpaired) electrons. The monoisotopic (exact) mass is 185 g/mol. The molecule has 0 bridgehead atoms. The molecule has 0 N–H and O–H groups in total. The summed E-state index contributed by atoms with van der Waals surface area (Å²) in [7, 11) is 0. The van der Waals surface area contributed by atoms with Crippen molar-refractivity contribution in [3.8, 4) is 0 Å². The molecule has 1 heterocycles. The third-order valence-electron chi connectivity index (χ3n) is 3.69. The molecule has 1 fully saturated rings. The summed E-state index contributed by atoms with van der Waals surface area (Å²) < 4.78 is 0. The topological polar surface area (TPSA) is 12.4 Å². The number of rotatable bonds is 0. The molecule has 1 aliphatic heterocycles. The van der Waals surface area contributed by atoms with Crippen LogP contribution in [0.3, 0.4) is 0 Å². The Bertz CT molecular complexity index is 392. The van der Waals surface area contributed by atoms with Gasteiger partial charge in [-0.15, -0.1) is 0 Å². The Hall–Kier alpha value is -1.11. The van der Waals surface area contributed by atoms with E-state index in [1.165, 1.54) is 36.2 Å². The van der Waals surface area contributed by atoms with E-state index in [1.807, 2.05) is 0 Å². The van der Waals surface area contributed by atoms with Gasteiger partial charge in [-0.25, -0.2) is 0 Å². The Morgan fingerprint density at radius 2 is 1.93 bits per heavy atom. The van der Waals surface area contributed by atoms with Crippen molar-refractivity contribution in [1.82, 2.24) is 0 Å². The first kappa shape index (κ1) is 8.22. The molecule has 1 heteroatoms. The van der Waals surface area contributed by atoms with E-state index in [4.69, 9.17) is 4.99 Å². The van der Waals surface area contributed by atoms with Gasteiger partial charge in [0.2, 0.25) is 0 Å². The average molecular weight is 185 g/mol. The first-order chi connectivity index (χ1) is 6.86. The van der Waals surface area contributed by atoms with E-state index in [2.05, 4.69) is 31.2 Å². The summed E-state index contributed by atoms with van der Waals surface area (Å²) in [5.74, 6) is 1.51. The van der Waals surface area contributed by atoms with Crippen molar-refractivity contribution in [2.75, 3.05) is 0 Å². The van der Waals surface area contributed by atoms with Gasteiger partial charge in [0, 0.05) is 11.6 Å². The molecule has 2 aliphatic rings. The van der Waals surface area contributed by atoms with Crippen LogP contribution >= 0.6 is 0 Å². The normalized spacial score (nSPS) is 29.4. The van der Waals surface area contributed by atoms with E-state index in [-0.39, 0.29) is 0 Å². The van der Waals surface area contributed by atoms with Crippen LogP contribution in [0.5, 0.6) is 0 Å². The third kappa shape index (κ3) is 1.05. The van der Waals surface area contributed by atoms with Gasteiger partial charge in [0.15, 0.2) is 0 Å². The highest BCUT2D eigenvalue weighted by Gasteiger charge is 2.34. The van der Waals surface area contributed by atoms with Crippen LogP contribution in [0.1, 0.15) is 37.7 Å². The Morgan fingerprint density at radius 3 is 2.86 bits per heavy atom. The van der Waals surface area contributed by atoms with Crippen molar-refractivity contribution in [3.63, 3.8) is 0 Å². The number of hydrogen-bond donors (Lipinski definition) is 0. The van der Waals surface area contributed by atoms with E-state index < -0.39 is 0 Å². The van der Waals surface area contributed by atoms with Crippen molar-refractivity contribution in [2.45, 2.75) is 32.1 Å². The van der Waals surface area contributed by atoms with Gasteiger partial charge in [-0.3, -0.25) is 4.99 Å². The predicted octanol–water partition coefficient (Wildman–Crippen LogP) is 3.68. The van der Waals surface area contributed by atoms with Crippen LogP contribution in [0, 0.1) is 5.92 Å². The van der Waals surface area contributed by atoms with Gasteiger partial charge in [-0.05, 0) is 37.3 Å². The minimum Gasteiger partial charge on any atom is -0.258 e. The lowest BCUT2D eigenvalue weighted by molar-refractivity contribution is 0.612. The quantitative estimate of drug-likeness (QED) is 0.584. The lowest BCUT2D eigenvalue weighted by Crippen LogP contribution is -2.18. The Kier molecular flexibility index (Phi) is 1.73. The largest absolute Gasteiger partial charge is 0.258 e. The van der Waals surface area contributed by atoms with Crippen LogP contribution in [-0.4, -0.2) is 5.71 Å². The highest BCUT2D eigenvalue weighted by atomic mass is 14.8. The van der Waals surface area contributed by atoms with Crippen LogP contribution in [-0.2, 0) is 0 Å². The van der Waals surface area contributed by atoms with Crippen LogP contribution in [0.15, 0.2) is 29.3 Å².